The van der Waals surface area contributed by atoms with E-state index in [0.29, 0.717) is 22.5 Å². The Kier molecular flexibility index (Phi) is 3.40. The van der Waals surface area contributed by atoms with Crippen LogP contribution in [0.5, 0.6) is 0 Å². The van der Waals surface area contributed by atoms with Crippen LogP contribution in [-0.2, 0) is 11.3 Å². The van der Waals surface area contributed by atoms with E-state index in [0.717, 1.165) is 0 Å². The topological polar surface area (TPSA) is 102 Å². The molecule has 110 valence electrons. The Balaban J connectivity index is 2.31. The van der Waals surface area contributed by atoms with E-state index >= 15 is 0 Å². The quantitative estimate of drug-likeness (QED) is 0.786. The first-order valence-corrected chi connectivity index (χ1v) is 6.34. The molecule has 0 saturated heterocycles. The minimum Gasteiger partial charge on any atom is -0.381 e. The van der Waals surface area contributed by atoms with Crippen LogP contribution in [0.15, 0.2) is 24.3 Å². The number of benzene rings is 1. The molecule has 2 N–H and O–H groups in total. The van der Waals surface area contributed by atoms with Gasteiger partial charge in [0.1, 0.15) is 11.9 Å². The van der Waals surface area contributed by atoms with E-state index in [1.165, 1.54) is 23.8 Å². The molecule has 0 aliphatic carbocycles. The first kappa shape index (κ1) is 13.9. The second kappa shape index (κ2) is 5.38. The molecule has 0 unspecified atom stereocenters. The van der Waals surface area contributed by atoms with Crippen LogP contribution in [0.2, 0.25) is 0 Å². The molecule has 0 amide bonds. The van der Waals surface area contributed by atoms with Crippen LogP contribution in [0.4, 0.5) is 10.2 Å². The predicted molar refractivity (Wildman–Crippen MR) is 76.0 cm³/mol. The molecule has 22 heavy (non-hydrogen) atoms. The second-order valence-corrected chi connectivity index (χ2v) is 4.54. The Morgan fingerprint density at radius 1 is 1.32 bits per heavy atom. The van der Waals surface area contributed by atoms with Crippen LogP contribution in [0.25, 0.3) is 16.8 Å². The molecular weight excluding hydrogens is 287 g/mol. The summed E-state index contributed by atoms with van der Waals surface area (Å²) < 4.78 is 19.6. The molecule has 2 aromatic heterocycles. The first-order valence-electron chi connectivity index (χ1n) is 6.34. The minimum atomic E-state index is -0.342. The lowest BCUT2D eigenvalue weighted by molar-refractivity contribution is 0.181. The van der Waals surface area contributed by atoms with Crippen molar-refractivity contribution in [2.75, 3.05) is 12.8 Å². The Hall–Kier alpha value is -3.05. The standard InChI is InChI=1S/C14H11FN6O/c1-22-7-11-12(8-2-4-9(15)5-3-8)14-19-18-10(6-16)13(17)21(14)20-11/h2-5H,7,17H2,1H3. The number of hydrogen-bond donors (Lipinski definition) is 1. The molecule has 0 radical (unpaired) electrons. The number of methoxy groups -OCH3 is 1. The summed E-state index contributed by atoms with van der Waals surface area (Å²) in [4.78, 5) is 0. The zero-order chi connectivity index (χ0) is 15.7. The molecule has 0 atom stereocenters. The molecule has 0 aliphatic heterocycles. The van der Waals surface area contributed by atoms with Gasteiger partial charge in [-0.2, -0.15) is 14.9 Å². The normalized spacial score (nSPS) is 10.8. The van der Waals surface area contributed by atoms with Crippen molar-refractivity contribution in [2.45, 2.75) is 6.61 Å². The van der Waals surface area contributed by atoms with Crippen molar-refractivity contribution in [3.05, 3.63) is 41.5 Å². The van der Waals surface area contributed by atoms with Crippen LogP contribution in [-0.4, -0.2) is 26.9 Å². The molecule has 2 heterocycles. The number of rotatable bonds is 3. The number of anilines is 1. The number of ether oxygens (including phenoxy) is 1. The Bertz CT molecular complexity index is 881. The van der Waals surface area contributed by atoms with Gasteiger partial charge in [0.05, 0.1) is 17.9 Å². The van der Waals surface area contributed by atoms with Gasteiger partial charge in [0, 0.05) is 7.11 Å². The Labute approximate surface area is 124 Å². The van der Waals surface area contributed by atoms with Crippen molar-refractivity contribution in [1.29, 1.82) is 5.26 Å². The van der Waals surface area contributed by atoms with E-state index < -0.39 is 0 Å². The number of nitrogen functional groups attached to an aromatic ring is 1. The Morgan fingerprint density at radius 2 is 2.05 bits per heavy atom. The molecule has 3 aromatic rings. The van der Waals surface area contributed by atoms with Crippen LogP contribution in [0.1, 0.15) is 11.4 Å². The summed E-state index contributed by atoms with van der Waals surface area (Å²) in [5, 5.41) is 21.1. The lowest BCUT2D eigenvalue weighted by Crippen LogP contribution is -2.06. The van der Waals surface area contributed by atoms with Gasteiger partial charge in [-0.1, -0.05) is 12.1 Å². The minimum absolute atomic E-state index is 0.00961. The third-order valence-corrected chi connectivity index (χ3v) is 3.17. The lowest BCUT2D eigenvalue weighted by Gasteiger charge is -2.02. The molecule has 0 saturated carbocycles. The summed E-state index contributed by atoms with van der Waals surface area (Å²) in [5.41, 5.74) is 8.19. The van der Waals surface area contributed by atoms with E-state index in [-0.39, 0.29) is 23.9 Å². The third-order valence-electron chi connectivity index (χ3n) is 3.17. The highest BCUT2D eigenvalue weighted by atomic mass is 19.1. The van der Waals surface area contributed by atoms with Gasteiger partial charge < -0.3 is 10.5 Å². The zero-order valence-corrected chi connectivity index (χ0v) is 11.6. The summed E-state index contributed by atoms with van der Waals surface area (Å²) in [7, 11) is 1.54. The highest BCUT2D eigenvalue weighted by Crippen LogP contribution is 2.29. The van der Waals surface area contributed by atoms with Crippen molar-refractivity contribution in [3.8, 4) is 17.2 Å². The van der Waals surface area contributed by atoms with Crippen LogP contribution in [0, 0.1) is 17.1 Å². The second-order valence-electron chi connectivity index (χ2n) is 4.54. The van der Waals surface area contributed by atoms with Crippen molar-refractivity contribution in [2.24, 2.45) is 0 Å². The average molecular weight is 298 g/mol. The monoisotopic (exact) mass is 298 g/mol. The maximum atomic E-state index is 13.1. The van der Waals surface area contributed by atoms with Crippen LogP contribution < -0.4 is 5.73 Å². The number of fused-ring (bicyclic) bond motifs is 1. The third kappa shape index (κ3) is 2.13. The molecule has 0 fully saturated rings. The van der Waals surface area contributed by atoms with Gasteiger partial charge in [-0.05, 0) is 17.7 Å². The fourth-order valence-corrected chi connectivity index (χ4v) is 2.19. The summed E-state index contributed by atoms with van der Waals surface area (Å²) in [5.74, 6) is -0.246. The van der Waals surface area contributed by atoms with Crippen molar-refractivity contribution in [1.82, 2.24) is 19.8 Å². The molecule has 3 rings (SSSR count). The number of nitrogens with two attached hydrogens (primary N) is 1. The lowest BCUT2D eigenvalue weighted by atomic mass is 10.1. The number of nitrogens with zero attached hydrogens (tertiary/aromatic N) is 5. The smallest absolute Gasteiger partial charge is 0.205 e. The van der Waals surface area contributed by atoms with Crippen LogP contribution in [0.3, 0.4) is 0 Å². The first-order chi connectivity index (χ1) is 10.7. The van der Waals surface area contributed by atoms with E-state index in [4.69, 9.17) is 15.7 Å². The molecule has 0 bridgehead atoms. The van der Waals surface area contributed by atoms with E-state index in [1.54, 1.807) is 12.1 Å². The van der Waals surface area contributed by atoms with E-state index in [2.05, 4.69) is 15.3 Å². The molecule has 0 spiro atoms. The number of hydrogen-bond acceptors (Lipinski definition) is 6. The van der Waals surface area contributed by atoms with Gasteiger partial charge in [-0.15, -0.1) is 10.2 Å². The van der Waals surface area contributed by atoms with Crippen molar-refractivity contribution >= 4 is 11.5 Å². The maximum absolute atomic E-state index is 13.1. The van der Waals surface area contributed by atoms with Crippen molar-refractivity contribution in [3.63, 3.8) is 0 Å². The number of aromatic nitrogens is 4. The molecule has 0 aliphatic rings. The number of halogens is 1. The highest BCUT2D eigenvalue weighted by molar-refractivity contribution is 5.80. The summed E-state index contributed by atoms with van der Waals surface area (Å²) in [6, 6.07) is 7.77. The van der Waals surface area contributed by atoms with E-state index in [9.17, 15) is 4.39 Å². The summed E-state index contributed by atoms with van der Waals surface area (Å²) >= 11 is 0. The highest BCUT2D eigenvalue weighted by Gasteiger charge is 2.19. The summed E-state index contributed by atoms with van der Waals surface area (Å²) in [6.07, 6.45) is 0. The van der Waals surface area contributed by atoms with Gasteiger partial charge in [-0.25, -0.2) is 4.39 Å². The fraction of sp³-hybridized carbons (Fsp3) is 0.143. The van der Waals surface area contributed by atoms with Gasteiger partial charge in [0.25, 0.3) is 0 Å². The average Bonchev–Trinajstić information content (AvgIpc) is 2.88. The van der Waals surface area contributed by atoms with Crippen molar-refractivity contribution < 1.29 is 9.13 Å². The SMILES string of the molecule is COCc1nn2c(N)c(C#N)nnc2c1-c1ccc(F)cc1. The molecule has 7 nitrogen and oxygen atoms in total. The van der Waals surface area contributed by atoms with E-state index in [1.807, 2.05) is 6.07 Å². The van der Waals surface area contributed by atoms with Gasteiger partial charge in [0.2, 0.25) is 5.69 Å². The van der Waals surface area contributed by atoms with Gasteiger partial charge in [-0.3, -0.25) is 0 Å². The van der Waals surface area contributed by atoms with Gasteiger partial charge in [0.15, 0.2) is 11.5 Å². The largest absolute Gasteiger partial charge is 0.381 e. The summed E-state index contributed by atoms with van der Waals surface area (Å²) in [6.45, 7) is 0.220. The molecule has 1 aromatic carbocycles. The Morgan fingerprint density at radius 3 is 2.68 bits per heavy atom. The van der Waals surface area contributed by atoms with Gasteiger partial charge >= 0.3 is 0 Å². The molecular formula is C14H11FN6O. The predicted octanol–water partition coefficient (Wildman–Crippen LogP) is 1.53. The zero-order valence-electron chi connectivity index (χ0n) is 11.6. The van der Waals surface area contributed by atoms with Crippen LogP contribution >= 0.6 is 0 Å². The fourth-order valence-electron chi connectivity index (χ4n) is 2.19. The maximum Gasteiger partial charge on any atom is 0.205 e. The molecule has 8 heteroatoms. The number of nitriles is 1.